The Morgan fingerprint density at radius 1 is 1.38 bits per heavy atom. The first-order chi connectivity index (χ1) is 6.25. The number of nitrogens with one attached hydrogen (secondary N) is 1. The predicted octanol–water partition coefficient (Wildman–Crippen LogP) is -0.642. The SMILES string of the molecule is CC#CCCN1C(=O)CNCC1=O. The van der Waals surface area contributed by atoms with Crippen LogP contribution in [0.25, 0.3) is 0 Å². The molecule has 0 aromatic carbocycles. The average molecular weight is 180 g/mol. The van der Waals surface area contributed by atoms with Gasteiger partial charge in [0.2, 0.25) is 11.8 Å². The van der Waals surface area contributed by atoms with E-state index in [2.05, 4.69) is 17.2 Å². The monoisotopic (exact) mass is 180 g/mol. The summed E-state index contributed by atoms with van der Waals surface area (Å²) in [6.07, 6.45) is 0.563. The van der Waals surface area contributed by atoms with Gasteiger partial charge in [-0.05, 0) is 6.92 Å². The fourth-order valence-electron chi connectivity index (χ4n) is 1.15. The van der Waals surface area contributed by atoms with Crippen molar-refractivity contribution in [3.8, 4) is 11.8 Å². The fourth-order valence-corrected chi connectivity index (χ4v) is 1.15. The summed E-state index contributed by atoms with van der Waals surface area (Å²) in [5.41, 5.74) is 0. The highest BCUT2D eigenvalue weighted by atomic mass is 16.2. The minimum Gasteiger partial charge on any atom is -0.300 e. The van der Waals surface area contributed by atoms with Gasteiger partial charge in [0, 0.05) is 13.0 Å². The summed E-state index contributed by atoms with van der Waals surface area (Å²) in [6, 6.07) is 0. The van der Waals surface area contributed by atoms with E-state index in [1.54, 1.807) is 6.92 Å². The van der Waals surface area contributed by atoms with Crippen LogP contribution in [0.3, 0.4) is 0 Å². The molecule has 0 aromatic rings. The fraction of sp³-hybridized carbons (Fsp3) is 0.556. The van der Waals surface area contributed by atoms with Crippen molar-refractivity contribution in [1.82, 2.24) is 10.2 Å². The lowest BCUT2D eigenvalue weighted by molar-refractivity contribution is -0.146. The van der Waals surface area contributed by atoms with Crippen molar-refractivity contribution >= 4 is 11.8 Å². The lowest BCUT2D eigenvalue weighted by Gasteiger charge is -2.24. The topological polar surface area (TPSA) is 49.4 Å². The number of hydrogen-bond acceptors (Lipinski definition) is 3. The summed E-state index contributed by atoms with van der Waals surface area (Å²) >= 11 is 0. The number of imide groups is 1. The summed E-state index contributed by atoms with van der Waals surface area (Å²) in [4.78, 5) is 23.7. The Balaban J connectivity index is 2.47. The molecule has 4 heteroatoms. The third kappa shape index (κ3) is 2.56. The molecule has 1 aliphatic rings. The zero-order valence-corrected chi connectivity index (χ0v) is 7.59. The molecule has 0 unspecified atom stereocenters. The van der Waals surface area contributed by atoms with Crippen LogP contribution in [-0.2, 0) is 9.59 Å². The molecule has 0 aliphatic carbocycles. The first-order valence-corrected chi connectivity index (χ1v) is 4.19. The van der Waals surface area contributed by atoms with Crippen molar-refractivity contribution in [2.45, 2.75) is 13.3 Å². The highest BCUT2D eigenvalue weighted by Crippen LogP contribution is 1.97. The first kappa shape index (κ1) is 9.75. The molecule has 4 nitrogen and oxygen atoms in total. The van der Waals surface area contributed by atoms with E-state index in [-0.39, 0.29) is 24.9 Å². The Morgan fingerprint density at radius 3 is 2.54 bits per heavy atom. The van der Waals surface area contributed by atoms with Crippen molar-refractivity contribution in [2.75, 3.05) is 19.6 Å². The number of nitrogens with zero attached hydrogens (tertiary/aromatic N) is 1. The Labute approximate surface area is 77.3 Å². The van der Waals surface area contributed by atoms with Crippen LogP contribution in [0.15, 0.2) is 0 Å². The average Bonchev–Trinajstić information content (AvgIpc) is 2.10. The lowest BCUT2D eigenvalue weighted by Crippen LogP contribution is -2.52. The van der Waals surface area contributed by atoms with Crippen molar-refractivity contribution in [3.05, 3.63) is 0 Å². The molecule has 1 fully saturated rings. The predicted molar refractivity (Wildman–Crippen MR) is 47.7 cm³/mol. The van der Waals surface area contributed by atoms with Crippen LogP contribution in [0.2, 0.25) is 0 Å². The number of carbonyl (C=O) groups is 2. The van der Waals surface area contributed by atoms with Gasteiger partial charge in [-0.2, -0.15) is 0 Å². The van der Waals surface area contributed by atoms with Crippen molar-refractivity contribution in [3.63, 3.8) is 0 Å². The molecule has 13 heavy (non-hydrogen) atoms. The number of hydrogen-bond donors (Lipinski definition) is 1. The highest BCUT2D eigenvalue weighted by Gasteiger charge is 2.24. The van der Waals surface area contributed by atoms with Crippen LogP contribution in [-0.4, -0.2) is 36.3 Å². The normalized spacial score (nSPS) is 16.8. The number of amides is 2. The zero-order chi connectivity index (χ0) is 9.68. The van der Waals surface area contributed by atoms with E-state index in [9.17, 15) is 9.59 Å². The van der Waals surface area contributed by atoms with E-state index in [1.807, 2.05) is 0 Å². The Kier molecular flexibility index (Phi) is 3.47. The van der Waals surface area contributed by atoms with Gasteiger partial charge in [0.25, 0.3) is 0 Å². The van der Waals surface area contributed by atoms with Gasteiger partial charge in [0.1, 0.15) is 0 Å². The van der Waals surface area contributed by atoms with Gasteiger partial charge in [-0.3, -0.25) is 19.8 Å². The minimum atomic E-state index is -0.158. The quantitative estimate of drug-likeness (QED) is 0.454. The second kappa shape index (κ2) is 4.63. The smallest absolute Gasteiger partial charge is 0.243 e. The minimum absolute atomic E-state index is 0.158. The van der Waals surface area contributed by atoms with Gasteiger partial charge in [-0.15, -0.1) is 11.8 Å². The Morgan fingerprint density at radius 2 is 2.00 bits per heavy atom. The summed E-state index contributed by atoms with van der Waals surface area (Å²) < 4.78 is 0. The van der Waals surface area contributed by atoms with Crippen LogP contribution in [0, 0.1) is 11.8 Å². The summed E-state index contributed by atoms with van der Waals surface area (Å²) in [6.45, 7) is 2.66. The van der Waals surface area contributed by atoms with Crippen molar-refractivity contribution in [1.29, 1.82) is 0 Å². The molecule has 70 valence electrons. The van der Waals surface area contributed by atoms with E-state index in [0.29, 0.717) is 13.0 Å². The molecule has 1 N–H and O–H groups in total. The van der Waals surface area contributed by atoms with E-state index < -0.39 is 0 Å². The molecule has 0 spiro atoms. The number of carbonyl (C=O) groups excluding carboxylic acids is 2. The first-order valence-electron chi connectivity index (χ1n) is 4.19. The second-order valence-electron chi connectivity index (χ2n) is 2.72. The summed E-state index contributed by atoms with van der Waals surface area (Å²) in [5.74, 6) is 5.23. The van der Waals surface area contributed by atoms with Crippen LogP contribution in [0.5, 0.6) is 0 Å². The standard InChI is InChI=1S/C9H12N2O2/c1-2-3-4-5-11-8(12)6-10-7-9(11)13/h10H,4-7H2,1H3. The summed E-state index contributed by atoms with van der Waals surface area (Å²) in [5, 5.41) is 2.73. The molecular weight excluding hydrogens is 168 g/mol. The summed E-state index contributed by atoms with van der Waals surface area (Å²) in [7, 11) is 0. The molecule has 0 aromatic heterocycles. The zero-order valence-electron chi connectivity index (χ0n) is 7.59. The maximum absolute atomic E-state index is 11.2. The van der Waals surface area contributed by atoms with Crippen LogP contribution in [0.1, 0.15) is 13.3 Å². The van der Waals surface area contributed by atoms with Gasteiger partial charge >= 0.3 is 0 Å². The molecular formula is C9H12N2O2. The third-order valence-electron chi connectivity index (χ3n) is 1.79. The number of piperazine rings is 1. The van der Waals surface area contributed by atoms with E-state index >= 15 is 0 Å². The third-order valence-corrected chi connectivity index (χ3v) is 1.79. The second-order valence-corrected chi connectivity index (χ2v) is 2.72. The van der Waals surface area contributed by atoms with Crippen LogP contribution >= 0.6 is 0 Å². The lowest BCUT2D eigenvalue weighted by atomic mass is 10.3. The molecule has 0 atom stereocenters. The van der Waals surface area contributed by atoms with Crippen molar-refractivity contribution < 1.29 is 9.59 Å². The Bertz CT molecular complexity index is 259. The molecule has 1 aliphatic heterocycles. The molecule has 1 rings (SSSR count). The molecule has 0 saturated carbocycles. The highest BCUT2D eigenvalue weighted by molar-refractivity contribution is 5.99. The van der Waals surface area contributed by atoms with Gasteiger partial charge < -0.3 is 0 Å². The molecule has 1 saturated heterocycles. The van der Waals surface area contributed by atoms with Gasteiger partial charge in [0.15, 0.2) is 0 Å². The van der Waals surface area contributed by atoms with Crippen LogP contribution < -0.4 is 5.32 Å². The van der Waals surface area contributed by atoms with Gasteiger partial charge in [-0.25, -0.2) is 0 Å². The molecule has 1 heterocycles. The van der Waals surface area contributed by atoms with Gasteiger partial charge in [0.05, 0.1) is 13.1 Å². The molecule has 0 bridgehead atoms. The van der Waals surface area contributed by atoms with Crippen LogP contribution in [0.4, 0.5) is 0 Å². The maximum atomic E-state index is 11.2. The largest absolute Gasteiger partial charge is 0.300 e. The molecule has 0 radical (unpaired) electrons. The maximum Gasteiger partial charge on any atom is 0.243 e. The van der Waals surface area contributed by atoms with Crippen molar-refractivity contribution in [2.24, 2.45) is 0 Å². The number of rotatable bonds is 2. The van der Waals surface area contributed by atoms with E-state index in [1.165, 1.54) is 4.90 Å². The van der Waals surface area contributed by atoms with E-state index in [4.69, 9.17) is 0 Å². The molecule has 2 amide bonds. The van der Waals surface area contributed by atoms with E-state index in [0.717, 1.165) is 0 Å². The Hall–Kier alpha value is -1.34. The van der Waals surface area contributed by atoms with Gasteiger partial charge in [-0.1, -0.05) is 0 Å².